The van der Waals surface area contributed by atoms with E-state index in [4.69, 9.17) is 16.1 Å². The van der Waals surface area contributed by atoms with Crippen LogP contribution in [-0.2, 0) is 0 Å². The molecule has 1 unspecified atom stereocenters. The highest BCUT2D eigenvalue weighted by Crippen LogP contribution is 2.25. The first-order valence-electron chi connectivity index (χ1n) is 5.59. The summed E-state index contributed by atoms with van der Waals surface area (Å²) in [7, 11) is 0. The molecule has 1 heterocycles. The van der Waals surface area contributed by atoms with Gasteiger partial charge < -0.3 is 9.63 Å². The monoisotopic (exact) mass is 270 g/mol. The molecule has 96 valence electrons. The van der Waals surface area contributed by atoms with E-state index in [9.17, 15) is 9.50 Å². The topological polar surface area (TPSA) is 59.2 Å². The Morgan fingerprint density at radius 1 is 1.50 bits per heavy atom. The summed E-state index contributed by atoms with van der Waals surface area (Å²) < 4.78 is 18.0. The van der Waals surface area contributed by atoms with Gasteiger partial charge in [-0.15, -0.1) is 0 Å². The minimum Gasteiger partial charge on any atom is -0.385 e. The lowest BCUT2D eigenvalue weighted by Crippen LogP contribution is -1.98. The lowest BCUT2D eigenvalue weighted by molar-refractivity contribution is 0.153. The molecular weight excluding hydrogens is 259 g/mol. The molecule has 0 aliphatic carbocycles. The Labute approximate surface area is 108 Å². The van der Waals surface area contributed by atoms with Crippen LogP contribution in [0.5, 0.6) is 0 Å². The second-order valence-electron chi connectivity index (χ2n) is 3.89. The molecule has 0 radical (unpaired) electrons. The molecule has 1 aromatic heterocycles. The Morgan fingerprint density at radius 3 is 2.94 bits per heavy atom. The average Bonchev–Trinajstić information content (AvgIpc) is 2.82. The van der Waals surface area contributed by atoms with Crippen LogP contribution in [0.15, 0.2) is 22.7 Å². The predicted octanol–water partition coefficient (Wildman–Crippen LogP) is 3.36. The maximum absolute atomic E-state index is 13.0. The summed E-state index contributed by atoms with van der Waals surface area (Å²) in [6.45, 7) is 1.95. The van der Waals surface area contributed by atoms with Crippen molar-refractivity contribution in [2.24, 2.45) is 0 Å². The molecule has 0 aliphatic heterocycles. The molecule has 1 aromatic carbocycles. The van der Waals surface area contributed by atoms with E-state index < -0.39 is 11.9 Å². The van der Waals surface area contributed by atoms with Crippen LogP contribution in [0.3, 0.4) is 0 Å². The molecule has 6 heteroatoms. The fourth-order valence-corrected chi connectivity index (χ4v) is 1.70. The summed E-state index contributed by atoms with van der Waals surface area (Å²) in [6, 6.07) is 4.12. The summed E-state index contributed by atoms with van der Waals surface area (Å²) in [5, 5.41) is 13.4. The van der Waals surface area contributed by atoms with Gasteiger partial charge in [0.15, 0.2) is 0 Å². The van der Waals surface area contributed by atoms with Crippen LogP contribution in [-0.4, -0.2) is 15.2 Å². The maximum Gasteiger partial charge on any atom is 0.258 e. The van der Waals surface area contributed by atoms with E-state index in [0.29, 0.717) is 12.0 Å². The number of aromatic nitrogens is 2. The van der Waals surface area contributed by atoms with Crippen LogP contribution in [0.1, 0.15) is 31.7 Å². The molecule has 1 atom stereocenters. The lowest BCUT2D eigenvalue weighted by Gasteiger charge is -2.01. The predicted molar refractivity (Wildman–Crippen MR) is 64.6 cm³/mol. The molecule has 0 fully saturated rings. The molecule has 0 amide bonds. The van der Waals surface area contributed by atoms with Gasteiger partial charge in [0.2, 0.25) is 5.82 Å². The standard InChI is InChI=1S/C12H12ClFN2O2/c1-2-3-10(17)11-15-12(18-16-11)7-4-5-9(14)8(13)6-7/h4-6,10,17H,2-3H2,1H3. The van der Waals surface area contributed by atoms with Crippen molar-refractivity contribution in [2.45, 2.75) is 25.9 Å². The second-order valence-corrected chi connectivity index (χ2v) is 4.30. The van der Waals surface area contributed by atoms with E-state index in [0.717, 1.165) is 6.42 Å². The minimum absolute atomic E-state index is 0.0126. The molecule has 0 bridgehead atoms. The third-order valence-electron chi connectivity index (χ3n) is 2.47. The average molecular weight is 271 g/mol. The highest BCUT2D eigenvalue weighted by Gasteiger charge is 2.16. The molecule has 4 nitrogen and oxygen atoms in total. The quantitative estimate of drug-likeness (QED) is 0.925. The third-order valence-corrected chi connectivity index (χ3v) is 2.76. The van der Waals surface area contributed by atoms with E-state index in [1.807, 2.05) is 6.92 Å². The van der Waals surface area contributed by atoms with Crippen molar-refractivity contribution in [1.82, 2.24) is 10.1 Å². The van der Waals surface area contributed by atoms with Crippen LogP contribution in [0, 0.1) is 5.82 Å². The van der Waals surface area contributed by atoms with Crippen molar-refractivity contribution in [3.63, 3.8) is 0 Å². The summed E-state index contributed by atoms with van der Waals surface area (Å²) >= 11 is 5.67. The molecular formula is C12H12ClFN2O2. The van der Waals surface area contributed by atoms with Gasteiger partial charge in [0.25, 0.3) is 5.89 Å². The molecule has 0 saturated heterocycles. The van der Waals surface area contributed by atoms with E-state index in [2.05, 4.69) is 10.1 Å². The lowest BCUT2D eigenvalue weighted by atomic mass is 10.2. The molecule has 0 saturated carbocycles. The van der Waals surface area contributed by atoms with Gasteiger partial charge in [-0.3, -0.25) is 0 Å². The van der Waals surface area contributed by atoms with Gasteiger partial charge in [0.1, 0.15) is 11.9 Å². The fourth-order valence-electron chi connectivity index (χ4n) is 1.52. The number of nitrogens with zero attached hydrogens (tertiary/aromatic N) is 2. The first kappa shape index (κ1) is 13.0. The normalized spacial score (nSPS) is 12.7. The zero-order valence-electron chi connectivity index (χ0n) is 9.73. The van der Waals surface area contributed by atoms with Crippen molar-refractivity contribution >= 4 is 11.6 Å². The highest BCUT2D eigenvalue weighted by molar-refractivity contribution is 6.31. The summed E-state index contributed by atoms with van der Waals surface area (Å²) in [4.78, 5) is 4.06. The van der Waals surface area contributed by atoms with Gasteiger partial charge in [-0.05, 0) is 24.6 Å². The smallest absolute Gasteiger partial charge is 0.258 e. The Bertz CT molecular complexity index is 545. The van der Waals surface area contributed by atoms with Gasteiger partial charge in [-0.1, -0.05) is 30.1 Å². The van der Waals surface area contributed by atoms with Gasteiger partial charge in [0.05, 0.1) is 5.02 Å². The summed E-state index contributed by atoms with van der Waals surface area (Å²) in [5.74, 6) is -0.0690. The van der Waals surface area contributed by atoms with Gasteiger partial charge in [-0.2, -0.15) is 4.98 Å². The molecule has 2 rings (SSSR count). The maximum atomic E-state index is 13.0. The van der Waals surface area contributed by atoms with Crippen molar-refractivity contribution in [3.05, 3.63) is 34.9 Å². The van der Waals surface area contributed by atoms with Crippen LogP contribution in [0.25, 0.3) is 11.5 Å². The molecule has 0 spiro atoms. The van der Waals surface area contributed by atoms with Crippen LogP contribution < -0.4 is 0 Å². The molecule has 18 heavy (non-hydrogen) atoms. The van der Waals surface area contributed by atoms with Gasteiger partial charge in [-0.25, -0.2) is 4.39 Å². The van der Waals surface area contributed by atoms with E-state index in [1.165, 1.54) is 18.2 Å². The van der Waals surface area contributed by atoms with E-state index in [-0.39, 0.29) is 16.7 Å². The largest absolute Gasteiger partial charge is 0.385 e. The molecule has 0 aliphatic rings. The van der Waals surface area contributed by atoms with Gasteiger partial charge >= 0.3 is 0 Å². The number of benzene rings is 1. The van der Waals surface area contributed by atoms with Crippen LogP contribution >= 0.6 is 11.6 Å². The third kappa shape index (κ3) is 2.68. The highest BCUT2D eigenvalue weighted by atomic mass is 35.5. The second kappa shape index (κ2) is 5.46. The fraction of sp³-hybridized carbons (Fsp3) is 0.333. The molecule has 2 aromatic rings. The van der Waals surface area contributed by atoms with E-state index >= 15 is 0 Å². The number of aliphatic hydroxyl groups excluding tert-OH is 1. The Balaban J connectivity index is 2.26. The zero-order valence-corrected chi connectivity index (χ0v) is 10.5. The molecule has 1 N–H and O–H groups in total. The van der Waals surface area contributed by atoms with Crippen LogP contribution in [0.2, 0.25) is 5.02 Å². The zero-order chi connectivity index (χ0) is 13.1. The number of hydrogen-bond acceptors (Lipinski definition) is 4. The van der Waals surface area contributed by atoms with Crippen molar-refractivity contribution in [1.29, 1.82) is 0 Å². The summed E-state index contributed by atoms with van der Waals surface area (Å²) in [6.07, 6.45) is 0.625. The Kier molecular flexibility index (Phi) is 3.93. The SMILES string of the molecule is CCCC(O)c1noc(-c2ccc(F)c(Cl)c2)n1. The van der Waals surface area contributed by atoms with Crippen molar-refractivity contribution in [2.75, 3.05) is 0 Å². The first-order valence-corrected chi connectivity index (χ1v) is 5.96. The van der Waals surface area contributed by atoms with Crippen molar-refractivity contribution in [3.8, 4) is 11.5 Å². The number of halogens is 2. The van der Waals surface area contributed by atoms with Gasteiger partial charge in [0, 0.05) is 5.56 Å². The number of hydrogen-bond donors (Lipinski definition) is 1. The Hall–Kier alpha value is -1.46. The Morgan fingerprint density at radius 2 is 2.28 bits per heavy atom. The minimum atomic E-state index is -0.747. The van der Waals surface area contributed by atoms with Crippen LogP contribution in [0.4, 0.5) is 4.39 Å². The summed E-state index contributed by atoms with van der Waals surface area (Å²) in [5.41, 5.74) is 0.517. The number of aliphatic hydroxyl groups is 1. The van der Waals surface area contributed by atoms with E-state index in [1.54, 1.807) is 0 Å². The first-order chi connectivity index (χ1) is 8.61. The number of rotatable bonds is 4. The van der Waals surface area contributed by atoms with Crippen molar-refractivity contribution < 1.29 is 14.0 Å².